The SMILES string of the molecule is CC(C)c1ccc(N2CC(N)C2)cc1. The van der Waals surface area contributed by atoms with Gasteiger partial charge in [0.2, 0.25) is 0 Å². The number of hydrogen-bond acceptors (Lipinski definition) is 2. The monoisotopic (exact) mass is 190 g/mol. The molecule has 0 saturated carbocycles. The van der Waals surface area contributed by atoms with Gasteiger partial charge in [-0.25, -0.2) is 0 Å². The number of hydrogen-bond donors (Lipinski definition) is 1. The van der Waals surface area contributed by atoms with Crippen LogP contribution >= 0.6 is 0 Å². The Labute approximate surface area is 85.7 Å². The van der Waals surface area contributed by atoms with Crippen LogP contribution in [0.4, 0.5) is 5.69 Å². The van der Waals surface area contributed by atoms with Crippen molar-refractivity contribution in [3.63, 3.8) is 0 Å². The van der Waals surface area contributed by atoms with E-state index in [1.807, 2.05) is 0 Å². The molecule has 2 heteroatoms. The van der Waals surface area contributed by atoms with E-state index in [1.165, 1.54) is 11.3 Å². The predicted octanol–water partition coefficient (Wildman–Crippen LogP) is 1.96. The highest BCUT2D eigenvalue weighted by Crippen LogP contribution is 2.22. The Morgan fingerprint density at radius 1 is 1.21 bits per heavy atom. The second-order valence-electron chi connectivity index (χ2n) is 4.41. The normalized spacial score (nSPS) is 17.3. The van der Waals surface area contributed by atoms with Gasteiger partial charge < -0.3 is 10.6 Å². The predicted molar refractivity (Wildman–Crippen MR) is 60.7 cm³/mol. The van der Waals surface area contributed by atoms with Crippen LogP contribution in [-0.4, -0.2) is 19.1 Å². The average Bonchev–Trinajstić information content (AvgIpc) is 2.13. The Kier molecular flexibility index (Phi) is 2.46. The molecule has 14 heavy (non-hydrogen) atoms. The molecule has 0 aromatic heterocycles. The molecule has 0 aliphatic carbocycles. The smallest absolute Gasteiger partial charge is 0.0395 e. The van der Waals surface area contributed by atoms with Crippen LogP contribution in [0.3, 0.4) is 0 Å². The van der Waals surface area contributed by atoms with Crippen molar-refractivity contribution in [2.24, 2.45) is 5.73 Å². The minimum Gasteiger partial charge on any atom is -0.368 e. The molecule has 1 fully saturated rings. The summed E-state index contributed by atoms with van der Waals surface area (Å²) in [5.74, 6) is 0.614. The van der Waals surface area contributed by atoms with Gasteiger partial charge in [0.05, 0.1) is 0 Å². The lowest BCUT2D eigenvalue weighted by Crippen LogP contribution is -2.55. The summed E-state index contributed by atoms with van der Waals surface area (Å²) in [6.45, 7) is 6.44. The number of rotatable bonds is 2. The van der Waals surface area contributed by atoms with Gasteiger partial charge in [-0.15, -0.1) is 0 Å². The van der Waals surface area contributed by atoms with Gasteiger partial charge in [-0.3, -0.25) is 0 Å². The third-order valence-corrected chi connectivity index (χ3v) is 2.83. The summed E-state index contributed by atoms with van der Waals surface area (Å²) in [5.41, 5.74) is 8.45. The molecule has 1 aliphatic rings. The molecule has 1 aromatic carbocycles. The molecule has 0 amide bonds. The maximum Gasteiger partial charge on any atom is 0.0395 e. The topological polar surface area (TPSA) is 29.3 Å². The van der Waals surface area contributed by atoms with Crippen molar-refractivity contribution in [1.29, 1.82) is 0 Å². The molecule has 0 atom stereocenters. The number of nitrogens with zero attached hydrogens (tertiary/aromatic N) is 1. The van der Waals surface area contributed by atoms with Gasteiger partial charge >= 0.3 is 0 Å². The van der Waals surface area contributed by atoms with Crippen molar-refractivity contribution in [2.45, 2.75) is 25.8 Å². The minimum atomic E-state index is 0.375. The zero-order valence-electron chi connectivity index (χ0n) is 8.90. The van der Waals surface area contributed by atoms with E-state index in [1.54, 1.807) is 0 Å². The average molecular weight is 190 g/mol. The fraction of sp³-hybridized carbons (Fsp3) is 0.500. The van der Waals surface area contributed by atoms with E-state index in [0.717, 1.165) is 13.1 Å². The molecular formula is C12H18N2. The maximum absolute atomic E-state index is 5.74. The Morgan fingerprint density at radius 2 is 1.79 bits per heavy atom. The minimum absolute atomic E-state index is 0.375. The number of nitrogens with two attached hydrogens (primary N) is 1. The van der Waals surface area contributed by atoms with Crippen LogP contribution in [0.15, 0.2) is 24.3 Å². The molecule has 0 unspecified atom stereocenters. The third kappa shape index (κ3) is 1.75. The van der Waals surface area contributed by atoms with Gasteiger partial charge in [0.25, 0.3) is 0 Å². The second-order valence-corrected chi connectivity index (χ2v) is 4.41. The lowest BCUT2D eigenvalue weighted by atomic mass is 10.0. The molecule has 76 valence electrons. The van der Waals surface area contributed by atoms with Crippen molar-refractivity contribution in [1.82, 2.24) is 0 Å². The Balaban J connectivity index is 2.07. The molecule has 1 aliphatic heterocycles. The standard InChI is InChI=1S/C12H18N2/c1-9(2)10-3-5-12(6-4-10)14-7-11(13)8-14/h3-6,9,11H,7-8,13H2,1-2H3. The Hall–Kier alpha value is -1.02. The van der Waals surface area contributed by atoms with Crippen molar-refractivity contribution in [3.05, 3.63) is 29.8 Å². The van der Waals surface area contributed by atoms with E-state index in [9.17, 15) is 0 Å². The molecule has 1 aromatic rings. The summed E-state index contributed by atoms with van der Waals surface area (Å²) < 4.78 is 0. The summed E-state index contributed by atoms with van der Waals surface area (Å²) in [6.07, 6.45) is 0. The first kappa shape index (κ1) is 9.53. The fourth-order valence-corrected chi connectivity index (χ4v) is 1.79. The van der Waals surface area contributed by atoms with Crippen molar-refractivity contribution >= 4 is 5.69 Å². The van der Waals surface area contributed by atoms with E-state index in [-0.39, 0.29) is 0 Å². The van der Waals surface area contributed by atoms with Crippen LogP contribution in [0.25, 0.3) is 0 Å². The first-order chi connectivity index (χ1) is 6.66. The summed E-state index contributed by atoms with van der Waals surface area (Å²) >= 11 is 0. The van der Waals surface area contributed by atoms with Crippen LogP contribution in [0.2, 0.25) is 0 Å². The molecular weight excluding hydrogens is 172 g/mol. The lowest BCUT2D eigenvalue weighted by Gasteiger charge is -2.38. The lowest BCUT2D eigenvalue weighted by molar-refractivity contribution is 0.519. The Morgan fingerprint density at radius 3 is 2.21 bits per heavy atom. The molecule has 2 nitrogen and oxygen atoms in total. The van der Waals surface area contributed by atoms with Crippen LogP contribution < -0.4 is 10.6 Å². The van der Waals surface area contributed by atoms with E-state index < -0.39 is 0 Å². The highest BCUT2D eigenvalue weighted by molar-refractivity contribution is 5.50. The van der Waals surface area contributed by atoms with Crippen molar-refractivity contribution in [2.75, 3.05) is 18.0 Å². The van der Waals surface area contributed by atoms with E-state index >= 15 is 0 Å². The molecule has 1 saturated heterocycles. The zero-order chi connectivity index (χ0) is 10.1. The first-order valence-corrected chi connectivity index (χ1v) is 5.27. The van der Waals surface area contributed by atoms with Gasteiger partial charge in [-0.05, 0) is 23.6 Å². The van der Waals surface area contributed by atoms with Gasteiger partial charge in [0, 0.05) is 24.8 Å². The van der Waals surface area contributed by atoms with Crippen LogP contribution in [0.1, 0.15) is 25.3 Å². The molecule has 2 rings (SSSR count). The van der Waals surface area contributed by atoms with E-state index in [0.29, 0.717) is 12.0 Å². The second kappa shape index (κ2) is 3.62. The van der Waals surface area contributed by atoms with Gasteiger partial charge in [-0.1, -0.05) is 26.0 Å². The van der Waals surface area contributed by atoms with E-state index in [4.69, 9.17) is 5.73 Å². The van der Waals surface area contributed by atoms with Crippen LogP contribution in [-0.2, 0) is 0 Å². The largest absolute Gasteiger partial charge is 0.368 e. The number of anilines is 1. The van der Waals surface area contributed by atoms with Crippen LogP contribution in [0, 0.1) is 0 Å². The summed E-state index contributed by atoms with van der Waals surface area (Å²) in [6, 6.07) is 9.19. The van der Waals surface area contributed by atoms with Gasteiger partial charge in [0.15, 0.2) is 0 Å². The highest BCUT2D eigenvalue weighted by Gasteiger charge is 2.22. The number of benzene rings is 1. The summed E-state index contributed by atoms with van der Waals surface area (Å²) in [5, 5.41) is 0. The molecule has 0 bridgehead atoms. The molecule has 0 spiro atoms. The first-order valence-electron chi connectivity index (χ1n) is 5.27. The third-order valence-electron chi connectivity index (χ3n) is 2.83. The quantitative estimate of drug-likeness (QED) is 0.772. The van der Waals surface area contributed by atoms with E-state index in [2.05, 4.69) is 43.0 Å². The fourth-order valence-electron chi connectivity index (χ4n) is 1.79. The van der Waals surface area contributed by atoms with Crippen molar-refractivity contribution < 1.29 is 0 Å². The summed E-state index contributed by atoms with van der Waals surface area (Å²) in [4.78, 5) is 2.31. The highest BCUT2D eigenvalue weighted by atomic mass is 15.2. The molecule has 2 N–H and O–H groups in total. The Bertz CT molecular complexity index is 297. The van der Waals surface area contributed by atoms with Gasteiger partial charge in [0.1, 0.15) is 0 Å². The summed E-state index contributed by atoms with van der Waals surface area (Å²) in [7, 11) is 0. The molecule has 1 heterocycles. The molecule has 0 radical (unpaired) electrons. The van der Waals surface area contributed by atoms with Gasteiger partial charge in [-0.2, -0.15) is 0 Å². The zero-order valence-corrected chi connectivity index (χ0v) is 8.90. The maximum atomic E-state index is 5.74. The van der Waals surface area contributed by atoms with Crippen LogP contribution in [0.5, 0.6) is 0 Å². The van der Waals surface area contributed by atoms with Crippen molar-refractivity contribution in [3.8, 4) is 0 Å².